The number of hydrogen-bond acceptors (Lipinski definition) is 5. The van der Waals surface area contributed by atoms with Gasteiger partial charge in [-0.05, 0) is 36.4 Å². The van der Waals surface area contributed by atoms with E-state index in [0.29, 0.717) is 12.3 Å². The molecule has 1 heterocycles. The van der Waals surface area contributed by atoms with Crippen LogP contribution in [0.5, 0.6) is 11.6 Å². The highest BCUT2D eigenvalue weighted by atomic mass is 35.5. The first-order valence-electron chi connectivity index (χ1n) is 8.65. The molecule has 0 fully saturated rings. The van der Waals surface area contributed by atoms with Crippen molar-refractivity contribution in [1.29, 1.82) is 0 Å². The maximum Gasteiger partial charge on any atom is 0.417 e. The zero-order chi connectivity index (χ0) is 23.7. The average molecular weight is 489 g/mol. The highest BCUT2D eigenvalue weighted by molar-refractivity contribution is 7.90. The third-order valence-corrected chi connectivity index (χ3v) is 5.32. The fourth-order valence-corrected chi connectivity index (χ4v) is 3.43. The highest BCUT2D eigenvalue weighted by Gasteiger charge is 2.33. The maximum atomic E-state index is 13.6. The predicted octanol–water partition coefficient (Wildman–Crippen LogP) is 5.34. The number of alkyl halides is 3. The van der Waals surface area contributed by atoms with Crippen LogP contribution in [0.2, 0.25) is 5.02 Å². The number of amides is 1. The molecule has 12 heteroatoms. The molecule has 168 valence electrons. The monoisotopic (exact) mass is 488 g/mol. The lowest BCUT2D eigenvalue weighted by molar-refractivity contribution is -0.137. The summed E-state index contributed by atoms with van der Waals surface area (Å²) in [5.41, 5.74) is -1.84. The Morgan fingerprint density at radius 1 is 1.12 bits per heavy atom. The lowest BCUT2D eigenvalue weighted by Crippen LogP contribution is -2.16. The average Bonchev–Trinajstić information content (AvgIpc) is 2.66. The molecular weight excluding hydrogens is 476 g/mol. The fraction of sp³-hybridized carbons (Fsp3) is 0.100. The molecule has 0 aliphatic heterocycles. The van der Waals surface area contributed by atoms with E-state index in [0.717, 1.165) is 24.5 Å². The molecular formula is C20H13ClF4N2O4S. The normalized spacial score (nSPS) is 11.8. The van der Waals surface area contributed by atoms with Gasteiger partial charge >= 0.3 is 6.18 Å². The minimum Gasteiger partial charge on any atom is -0.438 e. The van der Waals surface area contributed by atoms with Crippen LogP contribution in [0.25, 0.3) is 0 Å². The number of anilines is 1. The van der Waals surface area contributed by atoms with Crippen molar-refractivity contribution >= 4 is 33.0 Å². The summed E-state index contributed by atoms with van der Waals surface area (Å²) in [4.78, 5) is 16.2. The second-order valence-corrected chi connectivity index (χ2v) is 8.99. The molecule has 0 aliphatic carbocycles. The second-order valence-electron chi connectivity index (χ2n) is 6.54. The molecule has 2 aromatic carbocycles. The Bertz CT molecular complexity index is 1280. The number of sulfone groups is 1. The Morgan fingerprint density at radius 2 is 1.84 bits per heavy atom. The smallest absolute Gasteiger partial charge is 0.417 e. The van der Waals surface area contributed by atoms with Crippen molar-refractivity contribution in [2.45, 2.75) is 11.1 Å². The number of aromatic nitrogens is 1. The first-order chi connectivity index (χ1) is 14.8. The fourth-order valence-electron chi connectivity index (χ4n) is 2.55. The molecule has 0 aliphatic rings. The quantitative estimate of drug-likeness (QED) is 0.490. The number of pyridine rings is 1. The summed E-state index contributed by atoms with van der Waals surface area (Å²) in [6.45, 7) is 0. The Balaban J connectivity index is 2.01. The molecule has 6 nitrogen and oxygen atoms in total. The number of nitrogens with zero attached hydrogens (tertiary/aromatic N) is 1. The molecule has 3 aromatic rings. The summed E-state index contributed by atoms with van der Waals surface area (Å²) >= 11 is 5.75. The van der Waals surface area contributed by atoms with E-state index in [4.69, 9.17) is 16.3 Å². The summed E-state index contributed by atoms with van der Waals surface area (Å²) in [7, 11) is -3.59. The molecule has 3 rings (SSSR count). The number of rotatable bonds is 5. The summed E-state index contributed by atoms with van der Waals surface area (Å²) in [5.74, 6) is -2.58. The molecule has 0 radical (unpaired) electrons. The van der Waals surface area contributed by atoms with Crippen molar-refractivity contribution in [2.24, 2.45) is 0 Å². The number of nitrogens with one attached hydrogen (secondary N) is 1. The molecule has 0 unspecified atom stereocenters. The Hall–Kier alpha value is -3.18. The van der Waals surface area contributed by atoms with Crippen molar-refractivity contribution in [3.05, 3.63) is 76.7 Å². The van der Waals surface area contributed by atoms with Gasteiger partial charge in [-0.15, -0.1) is 0 Å². The first-order valence-corrected chi connectivity index (χ1v) is 10.9. The molecule has 0 saturated carbocycles. The van der Waals surface area contributed by atoms with Crippen LogP contribution in [0, 0.1) is 5.82 Å². The first kappa shape index (κ1) is 23.5. The van der Waals surface area contributed by atoms with Crippen LogP contribution >= 0.6 is 11.6 Å². The summed E-state index contributed by atoms with van der Waals surface area (Å²) in [6.07, 6.45) is -3.39. The summed E-state index contributed by atoms with van der Waals surface area (Å²) < 4.78 is 81.8. The molecule has 0 atom stereocenters. The van der Waals surface area contributed by atoms with Gasteiger partial charge in [0.15, 0.2) is 9.84 Å². The largest absolute Gasteiger partial charge is 0.438 e. The molecule has 1 aromatic heterocycles. The van der Waals surface area contributed by atoms with Crippen LogP contribution in [0.1, 0.15) is 15.9 Å². The van der Waals surface area contributed by atoms with Crippen LogP contribution in [0.3, 0.4) is 0 Å². The van der Waals surface area contributed by atoms with Crippen molar-refractivity contribution in [2.75, 3.05) is 11.6 Å². The van der Waals surface area contributed by atoms with Gasteiger partial charge < -0.3 is 10.1 Å². The molecule has 32 heavy (non-hydrogen) atoms. The van der Waals surface area contributed by atoms with Crippen LogP contribution in [0.15, 0.2) is 59.6 Å². The number of ether oxygens (including phenoxy) is 1. The van der Waals surface area contributed by atoms with Crippen LogP contribution in [-0.2, 0) is 16.0 Å². The second kappa shape index (κ2) is 8.75. The lowest BCUT2D eigenvalue weighted by atomic mass is 10.1. The van der Waals surface area contributed by atoms with Crippen molar-refractivity contribution < 1.29 is 35.5 Å². The third kappa shape index (κ3) is 5.74. The van der Waals surface area contributed by atoms with E-state index < -0.39 is 44.7 Å². The van der Waals surface area contributed by atoms with Gasteiger partial charge in [-0.2, -0.15) is 13.2 Å². The summed E-state index contributed by atoms with van der Waals surface area (Å²) in [6, 6.07) is 8.71. The molecule has 1 amide bonds. The SMILES string of the molecule is CS(=O)(=O)c1cccc(NC(=O)c2cc(C(F)(F)F)cnc2Oc2cc(F)cc(Cl)c2)c1. The van der Waals surface area contributed by atoms with E-state index in [2.05, 4.69) is 10.3 Å². The van der Waals surface area contributed by atoms with E-state index in [1.54, 1.807) is 0 Å². The topological polar surface area (TPSA) is 85.4 Å². The highest BCUT2D eigenvalue weighted by Crippen LogP contribution is 2.33. The lowest BCUT2D eigenvalue weighted by Gasteiger charge is -2.14. The standard InChI is InChI=1S/C20H13ClF4N2O4S/c1-32(29,30)16-4-2-3-14(9-16)27-18(28)17-5-11(20(23,24)25)10-26-19(17)31-15-7-12(21)6-13(22)8-15/h2-10H,1H3,(H,27,28). The predicted molar refractivity (Wildman–Crippen MR) is 108 cm³/mol. The van der Waals surface area contributed by atoms with E-state index in [1.165, 1.54) is 24.3 Å². The Kier molecular flexibility index (Phi) is 6.42. The zero-order valence-electron chi connectivity index (χ0n) is 16.1. The maximum absolute atomic E-state index is 13.6. The van der Waals surface area contributed by atoms with Gasteiger partial charge in [0.2, 0.25) is 5.88 Å². The third-order valence-electron chi connectivity index (χ3n) is 3.99. The van der Waals surface area contributed by atoms with E-state index >= 15 is 0 Å². The van der Waals surface area contributed by atoms with Crippen LogP contribution in [-0.4, -0.2) is 25.6 Å². The van der Waals surface area contributed by atoms with Gasteiger partial charge in [0.25, 0.3) is 5.91 Å². The van der Waals surface area contributed by atoms with Gasteiger partial charge in [0.1, 0.15) is 17.1 Å². The number of carbonyl (C=O) groups is 1. The number of carbonyl (C=O) groups excluding carboxylic acids is 1. The minimum atomic E-state index is -4.81. The summed E-state index contributed by atoms with van der Waals surface area (Å²) in [5, 5.41) is 2.26. The van der Waals surface area contributed by atoms with E-state index in [1.807, 2.05) is 0 Å². The number of benzene rings is 2. The number of halogens is 5. The van der Waals surface area contributed by atoms with E-state index in [-0.39, 0.29) is 21.4 Å². The van der Waals surface area contributed by atoms with Gasteiger partial charge in [-0.25, -0.2) is 17.8 Å². The molecule has 0 spiro atoms. The zero-order valence-corrected chi connectivity index (χ0v) is 17.6. The van der Waals surface area contributed by atoms with Gasteiger partial charge in [-0.1, -0.05) is 17.7 Å². The molecule has 1 N–H and O–H groups in total. The van der Waals surface area contributed by atoms with Crippen molar-refractivity contribution in [3.63, 3.8) is 0 Å². The van der Waals surface area contributed by atoms with Crippen molar-refractivity contribution in [1.82, 2.24) is 4.98 Å². The van der Waals surface area contributed by atoms with Gasteiger partial charge in [0.05, 0.1) is 10.5 Å². The number of hydrogen-bond donors (Lipinski definition) is 1. The molecule has 0 saturated heterocycles. The Morgan fingerprint density at radius 3 is 2.47 bits per heavy atom. The van der Waals surface area contributed by atoms with Crippen molar-refractivity contribution in [3.8, 4) is 11.6 Å². The van der Waals surface area contributed by atoms with Gasteiger partial charge in [-0.3, -0.25) is 4.79 Å². The van der Waals surface area contributed by atoms with E-state index in [9.17, 15) is 30.8 Å². The Labute approximate surface area is 184 Å². The van der Waals surface area contributed by atoms with Gasteiger partial charge in [0, 0.05) is 29.2 Å². The van der Waals surface area contributed by atoms with Crippen LogP contribution < -0.4 is 10.1 Å². The molecule has 0 bridgehead atoms. The minimum absolute atomic E-state index is 0.00934. The van der Waals surface area contributed by atoms with Crippen LogP contribution in [0.4, 0.5) is 23.2 Å².